The van der Waals surface area contributed by atoms with Gasteiger partial charge in [-0.25, -0.2) is 12.8 Å². The van der Waals surface area contributed by atoms with E-state index in [1.165, 1.54) is 18.2 Å². The molecule has 0 spiro atoms. The van der Waals surface area contributed by atoms with Crippen molar-refractivity contribution >= 4 is 21.4 Å². The van der Waals surface area contributed by atoms with Crippen LogP contribution < -0.4 is 0 Å². The zero-order valence-corrected chi connectivity index (χ0v) is 14.3. The molecule has 0 N–H and O–H groups in total. The van der Waals surface area contributed by atoms with Gasteiger partial charge in [0.1, 0.15) is 14.9 Å². The van der Waals surface area contributed by atoms with Gasteiger partial charge in [-0.2, -0.15) is 17.5 Å². The molecule has 1 fully saturated rings. The molecule has 1 aromatic carbocycles. The van der Waals surface area contributed by atoms with Gasteiger partial charge in [-0.1, -0.05) is 12.1 Å². The second-order valence-electron chi connectivity index (χ2n) is 5.38. The molecule has 2 aromatic rings. The van der Waals surface area contributed by atoms with Crippen LogP contribution in [0.4, 0.5) is 17.6 Å². The average molecular weight is 395 g/mol. The van der Waals surface area contributed by atoms with Crippen LogP contribution in [0.1, 0.15) is 16.5 Å². The van der Waals surface area contributed by atoms with Crippen LogP contribution in [-0.4, -0.2) is 32.5 Å². The van der Waals surface area contributed by atoms with Crippen molar-refractivity contribution in [3.05, 3.63) is 52.7 Å². The molecule has 3 rings (SSSR count). The molecule has 1 atom stereocenters. The third-order valence-corrected chi connectivity index (χ3v) is 7.24. The first-order valence-electron chi connectivity index (χ1n) is 7.21. The number of morpholine rings is 1. The number of ether oxygens (including phenoxy) is 1. The Kier molecular flexibility index (Phi) is 4.89. The summed E-state index contributed by atoms with van der Waals surface area (Å²) in [6, 6.07) is 6.30. The first-order valence-corrected chi connectivity index (χ1v) is 9.47. The summed E-state index contributed by atoms with van der Waals surface area (Å²) in [6.07, 6.45) is -4.61. The molecule has 0 radical (unpaired) electrons. The minimum atomic E-state index is -4.61. The number of thiophene rings is 1. The van der Waals surface area contributed by atoms with Gasteiger partial charge >= 0.3 is 6.18 Å². The summed E-state index contributed by atoms with van der Waals surface area (Å²) in [5.74, 6) is -0.532. The Balaban J connectivity index is 1.97. The predicted octanol–water partition coefficient (Wildman–Crippen LogP) is 3.67. The summed E-state index contributed by atoms with van der Waals surface area (Å²) in [6.45, 7) is 0.0888. The number of alkyl halides is 3. The maximum Gasteiger partial charge on any atom is 0.425 e. The van der Waals surface area contributed by atoms with E-state index >= 15 is 0 Å². The van der Waals surface area contributed by atoms with Gasteiger partial charge in [0, 0.05) is 6.54 Å². The van der Waals surface area contributed by atoms with Crippen molar-refractivity contribution in [3.63, 3.8) is 0 Å². The van der Waals surface area contributed by atoms with Gasteiger partial charge in [0.15, 0.2) is 0 Å². The number of nitrogens with zero attached hydrogens (tertiary/aromatic N) is 1. The Labute approximate surface area is 145 Å². The number of rotatable bonds is 3. The van der Waals surface area contributed by atoms with Crippen molar-refractivity contribution in [2.75, 3.05) is 19.8 Å². The fourth-order valence-corrected chi connectivity index (χ4v) is 5.47. The van der Waals surface area contributed by atoms with Gasteiger partial charge in [0.25, 0.3) is 10.0 Å². The molecule has 1 aliphatic heterocycles. The lowest BCUT2D eigenvalue weighted by atomic mass is 10.1. The highest BCUT2D eigenvalue weighted by Crippen LogP contribution is 2.39. The summed E-state index contributed by atoms with van der Waals surface area (Å²) in [5.41, 5.74) is 0.385. The maximum atomic E-state index is 13.5. The lowest BCUT2D eigenvalue weighted by Crippen LogP contribution is -2.43. The Morgan fingerprint density at radius 2 is 1.96 bits per heavy atom. The zero-order valence-electron chi connectivity index (χ0n) is 12.7. The van der Waals surface area contributed by atoms with Crippen LogP contribution in [0.15, 0.2) is 40.6 Å². The van der Waals surface area contributed by atoms with Crippen molar-refractivity contribution in [2.24, 2.45) is 0 Å². The van der Waals surface area contributed by atoms with E-state index in [1.54, 1.807) is 6.07 Å². The number of halogens is 4. The van der Waals surface area contributed by atoms with E-state index in [0.29, 0.717) is 5.56 Å². The average Bonchev–Trinajstić information content (AvgIpc) is 3.06. The summed E-state index contributed by atoms with van der Waals surface area (Å²) in [5, 5.41) is 0. The highest BCUT2D eigenvalue weighted by molar-refractivity contribution is 7.91. The fraction of sp³-hybridized carbons (Fsp3) is 0.333. The number of hydrogen-bond acceptors (Lipinski definition) is 4. The normalized spacial score (nSPS) is 19.9. The molecule has 2 heterocycles. The molecule has 1 unspecified atom stereocenters. The fourth-order valence-electron chi connectivity index (χ4n) is 2.58. The summed E-state index contributed by atoms with van der Waals surface area (Å²) in [7, 11) is -4.16. The van der Waals surface area contributed by atoms with Crippen molar-refractivity contribution in [3.8, 4) is 0 Å². The standard InChI is InChI=1S/C15H13F4NO3S2/c16-11-3-1-2-10(8-11)12-9-23-7-6-20(12)25(21,22)14-5-4-13(24-14)15(17,18)19/h1-5,8,12H,6-7,9H2. The smallest absolute Gasteiger partial charge is 0.378 e. The zero-order chi connectivity index (χ0) is 18.2. The molecule has 1 saturated heterocycles. The number of benzene rings is 1. The molecule has 0 amide bonds. The highest BCUT2D eigenvalue weighted by atomic mass is 32.2. The van der Waals surface area contributed by atoms with E-state index in [1.807, 2.05) is 0 Å². The summed E-state index contributed by atoms with van der Waals surface area (Å²) >= 11 is 0.171. The van der Waals surface area contributed by atoms with Crippen LogP contribution >= 0.6 is 11.3 Å². The second-order valence-corrected chi connectivity index (χ2v) is 8.58. The molecule has 136 valence electrons. The van der Waals surface area contributed by atoms with Gasteiger partial charge in [-0.05, 0) is 29.8 Å². The maximum absolute atomic E-state index is 13.5. The predicted molar refractivity (Wildman–Crippen MR) is 83.2 cm³/mol. The lowest BCUT2D eigenvalue weighted by molar-refractivity contribution is -0.134. The Hall–Kier alpha value is -1.49. The van der Waals surface area contributed by atoms with Crippen LogP contribution in [0.5, 0.6) is 0 Å². The number of hydrogen-bond donors (Lipinski definition) is 0. The molecule has 10 heteroatoms. The first-order chi connectivity index (χ1) is 11.7. The molecule has 1 aliphatic rings. The SMILES string of the molecule is O=S(=O)(c1ccc(C(F)(F)F)s1)N1CCOCC1c1cccc(F)c1. The van der Waals surface area contributed by atoms with Crippen LogP contribution in [0.2, 0.25) is 0 Å². The van der Waals surface area contributed by atoms with Crippen molar-refractivity contribution in [2.45, 2.75) is 16.4 Å². The molecule has 0 aliphatic carbocycles. The van der Waals surface area contributed by atoms with Crippen LogP contribution in [0.25, 0.3) is 0 Å². The minimum absolute atomic E-state index is 0.000185. The molecule has 4 nitrogen and oxygen atoms in total. The Bertz CT molecular complexity index is 864. The molecular weight excluding hydrogens is 382 g/mol. The van der Waals surface area contributed by atoms with Gasteiger partial charge in [0.05, 0.1) is 19.3 Å². The van der Waals surface area contributed by atoms with Gasteiger partial charge in [-0.15, -0.1) is 11.3 Å². The van der Waals surface area contributed by atoms with Crippen LogP contribution in [0.3, 0.4) is 0 Å². The monoisotopic (exact) mass is 395 g/mol. The van der Waals surface area contributed by atoms with Crippen molar-refractivity contribution in [1.82, 2.24) is 4.31 Å². The van der Waals surface area contributed by atoms with E-state index in [9.17, 15) is 26.0 Å². The van der Waals surface area contributed by atoms with Gasteiger partial charge < -0.3 is 4.74 Å². The largest absolute Gasteiger partial charge is 0.425 e. The van der Waals surface area contributed by atoms with Crippen LogP contribution in [-0.2, 0) is 20.9 Å². The molecule has 25 heavy (non-hydrogen) atoms. The first kappa shape index (κ1) is 18.3. The quantitative estimate of drug-likeness (QED) is 0.745. The minimum Gasteiger partial charge on any atom is -0.378 e. The van der Waals surface area contributed by atoms with E-state index < -0.39 is 37.1 Å². The van der Waals surface area contributed by atoms with E-state index in [2.05, 4.69) is 0 Å². The van der Waals surface area contributed by atoms with E-state index in [4.69, 9.17) is 4.74 Å². The lowest BCUT2D eigenvalue weighted by Gasteiger charge is -2.34. The number of sulfonamides is 1. The van der Waals surface area contributed by atoms with Crippen molar-refractivity contribution in [1.29, 1.82) is 0 Å². The summed E-state index contributed by atoms with van der Waals surface area (Å²) < 4.78 is 83.3. The second kappa shape index (κ2) is 6.67. The van der Waals surface area contributed by atoms with E-state index in [-0.39, 0.29) is 31.1 Å². The third kappa shape index (κ3) is 3.71. The Morgan fingerprint density at radius 1 is 1.20 bits per heavy atom. The third-order valence-electron chi connectivity index (χ3n) is 3.74. The van der Waals surface area contributed by atoms with Crippen molar-refractivity contribution < 1.29 is 30.7 Å². The molecule has 0 saturated carbocycles. The topological polar surface area (TPSA) is 46.6 Å². The molecular formula is C15H13F4NO3S2. The van der Waals surface area contributed by atoms with Gasteiger partial charge in [-0.3, -0.25) is 0 Å². The highest BCUT2D eigenvalue weighted by Gasteiger charge is 2.39. The van der Waals surface area contributed by atoms with E-state index in [0.717, 1.165) is 16.4 Å². The Morgan fingerprint density at radius 3 is 2.60 bits per heavy atom. The van der Waals surface area contributed by atoms with Gasteiger partial charge in [0.2, 0.25) is 0 Å². The molecule has 1 aromatic heterocycles. The van der Waals surface area contributed by atoms with Crippen LogP contribution in [0, 0.1) is 5.82 Å². The summed E-state index contributed by atoms with van der Waals surface area (Å²) in [4.78, 5) is -0.985. The molecule has 0 bridgehead atoms.